The van der Waals surface area contributed by atoms with Gasteiger partial charge in [-0.3, -0.25) is 9.59 Å². The molecule has 136 valence electrons. The van der Waals surface area contributed by atoms with Crippen LogP contribution in [0.15, 0.2) is 48.5 Å². The third kappa shape index (κ3) is 4.04. The summed E-state index contributed by atoms with van der Waals surface area (Å²) in [6.45, 7) is 3.27. The van der Waals surface area contributed by atoms with Gasteiger partial charge in [0.2, 0.25) is 0 Å². The number of methoxy groups -OCH3 is 1. The van der Waals surface area contributed by atoms with E-state index in [1.54, 1.807) is 19.2 Å². The van der Waals surface area contributed by atoms with Crippen molar-refractivity contribution in [2.45, 2.75) is 25.8 Å². The lowest BCUT2D eigenvalue weighted by atomic mass is 10.0. The lowest BCUT2D eigenvalue weighted by Crippen LogP contribution is -2.46. The molecule has 0 bridgehead atoms. The van der Waals surface area contributed by atoms with Crippen LogP contribution in [0.3, 0.4) is 0 Å². The van der Waals surface area contributed by atoms with E-state index in [4.69, 9.17) is 4.74 Å². The number of carbonyl (C=O) groups excluding carboxylic acids is 2. The van der Waals surface area contributed by atoms with Crippen molar-refractivity contribution in [2.75, 3.05) is 20.2 Å². The number of nitrogens with one attached hydrogen (secondary N) is 1. The zero-order valence-corrected chi connectivity index (χ0v) is 15.2. The summed E-state index contributed by atoms with van der Waals surface area (Å²) < 4.78 is 5.25. The standard InChI is InChI=1S/C21H24N2O3/c1-15-6-5-7-16(14-15)21(25)23-12-10-17(11-13-23)22-20(24)18-8-3-4-9-19(18)26-2/h3-9,14,17H,10-13H2,1-2H3,(H,22,24). The summed E-state index contributed by atoms with van der Waals surface area (Å²) in [7, 11) is 1.56. The van der Waals surface area contributed by atoms with Gasteiger partial charge < -0.3 is 15.0 Å². The number of nitrogens with zero attached hydrogens (tertiary/aromatic N) is 1. The lowest BCUT2D eigenvalue weighted by molar-refractivity contribution is 0.0698. The maximum Gasteiger partial charge on any atom is 0.255 e. The molecule has 2 aromatic rings. The minimum atomic E-state index is -0.133. The van der Waals surface area contributed by atoms with Gasteiger partial charge in [-0.15, -0.1) is 0 Å². The van der Waals surface area contributed by atoms with E-state index in [-0.39, 0.29) is 17.9 Å². The molecule has 1 fully saturated rings. The fraction of sp³-hybridized carbons (Fsp3) is 0.333. The van der Waals surface area contributed by atoms with E-state index in [0.717, 1.165) is 24.0 Å². The van der Waals surface area contributed by atoms with Crippen LogP contribution < -0.4 is 10.1 Å². The molecule has 0 aliphatic carbocycles. The van der Waals surface area contributed by atoms with Gasteiger partial charge in [-0.25, -0.2) is 0 Å². The zero-order chi connectivity index (χ0) is 18.5. The summed E-state index contributed by atoms with van der Waals surface area (Å²) in [4.78, 5) is 27.0. The number of likely N-dealkylation sites (tertiary alicyclic amines) is 1. The number of piperidine rings is 1. The Bertz CT molecular complexity index is 795. The first-order valence-electron chi connectivity index (χ1n) is 8.88. The molecule has 0 saturated carbocycles. The molecule has 2 amide bonds. The quantitative estimate of drug-likeness (QED) is 0.920. The van der Waals surface area contributed by atoms with Crippen LogP contribution >= 0.6 is 0 Å². The molecule has 0 unspecified atom stereocenters. The number of ether oxygens (including phenoxy) is 1. The fourth-order valence-electron chi connectivity index (χ4n) is 3.28. The van der Waals surface area contributed by atoms with E-state index in [0.29, 0.717) is 24.4 Å². The monoisotopic (exact) mass is 352 g/mol. The van der Waals surface area contributed by atoms with Crippen LogP contribution in [0.25, 0.3) is 0 Å². The summed E-state index contributed by atoms with van der Waals surface area (Å²) in [5.74, 6) is 0.492. The van der Waals surface area contributed by atoms with Gasteiger partial charge in [-0.05, 0) is 44.0 Å². The summed E-state index contributed by atoms with van der Waals surface area (Å²) in [6, 6.07) is 14.9. The number of carbonyl (C=O) groups is 2. The summed E-state index contributed by atoms with van der Waals surface area (Å²) >= 11 is 0. The second-order valence-electron chi connectivity index (χ2n) is 6.61. The van der Waals surface area contributed by atoms with Crippen molar-refractivity contribution in [2.24, 2.45) is 0 Å². The van der Waals surface area contributed by atoms with E-state index < -0.39 is 0 Å². The van der Waals surface area contributed by atoms with Gasteiger partial charge in [-0.1, -0.05) is 29.8 Å². The average molecular weight is 352 g/mol. The fourth-order valence-corrected chi connectivity index (χ4v) is 3.28. The van der Waals surface area contributed by atoms with Crippen LogP contribution in [0, 0.1) is 6.92 Å². The molecule has 5 heteroatoms. The Hall–Kier alpha value is -2.82. The lowest BCUT2D eigenvalue weighted by Gasteiger charge is -2.32. The normalized spacial score (nSPS) is 14.8. The number of hydrogen-bond acceptors (Lipinski definition) is 3. The first-order chi connectivity index (χ1) is 12.6. The maximum atomic E-state index is 12.6. The molecule has 26 heavy (non-hydrogen) atoms. The van der Waals surface area contributed by atoms with Crippen molar-refractivity contribution >= 4 is 11.8 Å². The molecule has 3 rings (SSSR count). The van der Waals surface area contributed by atoms with Gasteiger partial charge in [0.1, 0.15) is 5.75 Å². The van der Waals surface area contributed by atoms with Crippen molar-refractivity contribution in [3.63, 3.8) is 0 Å². The van der Waals surface area contributed by atoms with Crippen molar-refractivity contribution in [3.8, 4) is 5.75 Å². The second kappa shape index (κ2) is 8.04. The van der Waals surface area contributed by atoms with Crippen LogP contribution in [0.5, 0.6) is 5.75 Å². The molecule has 0 aromatic heterocycles. The minimum absolute atomic E-state index is 0.0585. The predicted octanol–water partition coefficient (Wildman–Crippen LogP) is 3.04. The molecule has 1 saturated heterocycles. The largest absolute Gasteiger partial charge is 0.496 e. The van der Waals surface area contributed by atoms with Crippen molar-refractivity contribution in [1.29, 1.82) is 0 Å². The molecule has 1 N–H and O–H groups in total. The molecule has 0 spiro atoms. The van der Waals surface area contributed by atoms with E-state index in [1.165, 1.54) is 0 Å². The third-order valence-electron chi connectivity index (χ3n) is 4.73. The third-order valence-corrected chi connectivity index (χ3v) is 4.73. The Morgan fingerprint density at radius 1 is 1.08 bits per heavy atom. The minimum Gasteiger partial charge on any atom is -0.496 e. The van der Waals surface area contributed by atoms with E-state index in [9.17, 15) is 9.59 Å². The summed E-state index contributed by atoms with van der Waals surface area (Å²) in [5.41, 5.74) is 2.34. The molecular formula is C21H24N2O3. The van der Waals surface area contributed by atoms with Gasteiger partial charge in [0.25, 0.3) is 11.8 Å². The Labute approximate surface area is 154 Å². The first kappa shape index (κ1) is 18.0. The first-order valence-corrected chi connectivity index (χ1v) is 8.88. The summed E-state index contributed by atoms with van der Waals surface area (Å²) in [6.07, 6.45) is 1.50. The van der Waals surface area contributed by atoms with Gasteiger partial charge in [0, 0.05) is 24.7 Å². The van der Waals surface area contributed by atoms with E-state index >= 15 is 0 Å². The van der Waals surface area contributed by atoms with E-state index in [2.05, 4.69) is 5.32 Å². The second-order valence-corrected chi connectivity index (χ2v) is 6.61. The van der Waals surface area contributed by atoms with Crippen LogP contribution in [-0.2, 0) is 0 Å². The highest BCUT2D eigenvalue weighted by Gasteiger charge is 2.25. The SMILES string of the molecule is COc1ccccc1C(=O)NC1CCN(C(=O)c2cccc(C)c2)CC1. The highest BCUT2D eigenvalue weighted by molar-refractivity contribution is 5.97. The van der Waals surface area contributed by atoms with E-state index in [1.807, 2.05) is 48.2 Å². The van der Waals surface area contributed by atoms with Gasteiger partial charge >= 0.3 is 0 Å². The number of rotatable bonds is 4. The molecule has 0 atom stereocenters. The maximum absolute atomic E-state index is 12.6. The van der Waals surface area contributed by atoms with Gasteiger partial charge in [-0.2, -0.15) is 0 Å². The molecule has 0 radical (unpaired) electrons. The highest BCUT2D eigenvalue weighted by atomic mass is 16.5. The predicted molar refractivity (Wildman–Crippen MR) is 101 cm³/mol. The summed E-state index contributed by atoms with van der Waals surface area (Å²) in [5, 5.41) is 3.06. The number of para-hydroxylation sites is 1. The van der Waals surface area contributed by atoms with Crippen molar-refractivity contribution < 1.29 is 14.3 Å². The Morgan fingerprint density at radius 3 is 2.50 bits per heavy atom. The molecule has 1 aliphatic rings. The molecule has 5 nitrogen and oxygen atoms in total. The van der Waals surface area contributed by atoms with Crippen molar-refractivity contribution in [3.05, 3.63) is 65.2 Å². The molecule has 1 aliphatic heterocycles. The van der Waals surface area contributed by atoms with Gasteiger partial charge in [0.05, 0.1) is 12.7 Å². The molecule has 2 aromatic carbocycles. The van der Waals surface area contributed by atoms with Crippen LogP contribution in [0.4, 0.5) is 0 Å². The number of aryl methyl sites for hydroxylation is 1. The van der Waals surface area contributed by atoms with Gasteiger partial charge in [0.15, 0.2) is 0 Å². The van der Waals surface area contributed by atoms with Crippen LogP contribution in [0.2, 0.25) is 0 Å². The number of hydrogen-bond donors (Lipinski definition) is 1. The number of amides is 2. The Morgan fingerprint density at radius 2 is 1.81 bits per heavy atom. The molecular weight excluding hydrogens is 328 g/mol. The topological polar surface area (TPSA) is 58.6 Å². The smallest absolute Gasteiger partial charge is 0.255 e. The number of benzene rings is 2. The Balaban J connectivity index is 1.57. The highest BCUT2D eigenvalue weighted by Crippen LogP contribution is 2.19. The van der Waals surface area contributed by atoms with Crippen molar-refractivity contribution in [1.82, 2.24) is 10.2 Å². The Kier molecular flexibility index (Phi) is 5.56. The van der Waals surface area contributed by atoms with Crippen LogP contribution in [0.1, 0.15) is 39.1 Å². The average Bonchev–Trinajstić information content (AvgIpc) is 2.68. The van der Waals surface area contributed by atoms with Crippen LogP contribution in [-0.4, -0.2) is 43.0 Å². The molecule has 1 heterocycles. The zero-order valence-electron chi connectivity index (χ0n) is 15.2.